The molecule has 1 saturated heterocycles. The zero-order valence-corrected chi connectivity index (χ0v) is 10.9. The molecule has 0 radical (unpaired) electrons. The van der Waals surface area contributed by atoms with E-state index >= 15 is 0 Å². The zero-order chi connectivity index (χ0) is 12.0. The van der Waals surface area contributed by atoms with Crippen LogP contribution in [0.5, 0.6) is 0 Å². The van der Waals surface area contributed by atoms with Crippen molar-refractivity contribution in [3.05, 3.63) is 0 Å². The van der Waals surface area contributed by atoms with E-state index in [1.807, 2.05) is 7.05 Å². The fraction of sp³-hybridized carbons (Fsp3) is 0.923. The maximum Gasteiger partial charge on any atom is 0.106 e. The van der Waals surface area contributed by atoms with Crippen molar-refractivity contribution in [3.63, 3.8) is 0 Å². The first-order valence-corrected chi connectivity index (χ1v) is 6.51. The Labute approximate surface area is 99.8 Å². The smallest absolute Gasteiger partial charge is 0.106 e. The van der Waals surface area contributed by atoms with E-state index in [0.29, 0.717) is 0 Å². The molecule has 3 heteroatoms. The van der Waals surface area contributed by atoms with Crippen LogP contribution in [-0.2, 0) is 0 Å². The van der Waals surface area contributed by atoms with Gasteiger partial charge in [0.05, 0.1) is 6.07 Å². The number of hydrogen-bond acceptors (Lipinski definition) is 3. The quantitative estimate of drug-likeness (QED) is 0.750. The second-order valence-electron chi connectivity index (χ2n) is 4.93. The van der Waals surface area contributed by atoms with Crippen molar-refractivity contribution in [2.45, 2.75) is 57.5 Å². The summed E-state index contributed by atoms with van der Waals surface area (Å²) in [5.41, 5.74) is -0.303. The Balaban J connectivity index is 2.31. The van der Waals surface area contributed by atoms with Crippen molar-refractivity contribution in [1.29, 1.82) is 5.26 Å². The number of rotatable bonds is 6. The van der Waals surface area contributed by atoms with Crippen LogP contribution in [-0.4, -0.2) is 36.6 Å². The van der Waals surface area contributed by atoms with Gasteiger partial charge in [0.15, 0.2) is 0 Å². The molecule has 1 aliphatic rings. The van der Waals surface area contributed by atoms with E-state index in [-0.39, 0.29) is 5.54 Å². The number of nitriles is 1. The van der Waals surface area contributed by atoms with Crippen molar-refractivity contribution in [2.24, 2.45) is 0 Å². The first-order valence-electron chi connectivity index (χ1n) is 6.51. The van der Waals surface area contributed by atoms with Crippen LogP contribution in [0.2, 0.25) is 0 Å². The zero-order valence-electron chi connectivity index (χ0n) is 10.9. The molecule has 0 amide bonds. The van der Waals surface area contributed by atoms with E-state index in [9.17, 15) is 5.26 Å². The van der Waals surface area contributed by atoms with E-state index < -0.39 is 0 Å². The molecule has 0 aromatic heterocycles. The standard InChI is InChI=1S/C13H25N3/c1-4-13(11-14,15-3)8-6-10-16-9-5-7-12(16)2/h12,15H,4-10H2,1-3H3. The fourth-order valence-electron chi connectivity index (χ4n) is 2.58. The van der Waals surface area contributed by atoms with Crippen LogP contribution in [0.15, 0.2) is 0 Å². The summed E-state index contributed by atoms with van der Waals surface area (Å²) in [6.07, 6.45) is 5.63. The molecule has 0 aliphatic carbocycles. The Morgan fingerprint density at radius 1 is 1.56 bits per heavy atom. The fourth-order valence-corrected chi connectivity index (χ4v) is 2.58. The molecule has 3 nitrogen and oxygen atoms in total. The summed E-state index contributed by atoms with van der Waals surface area (Å²) in [4.78, 5) is 2.55. The highest BCUT2D eigenvalue weighted by Gasteiger charge is 2.26. The Morgan fingerprint density at radius 3 is 2.75 bits per heavy atom. The molecule has 0 saturated carbocycles. The number of likely N-dealkylation sites (tertiary alicyclic amines) is 1. The van der Waals surface area contributed by atoms with Gasteiger partial charge in [-0.2, -0.15) is 5.26 Å². The van der Waals surface area contributed by atoms with Crippen molar-refractivity contribution in [3.8, 4) is 6.07 Å². The van der Waals surface area contributed by atoms with Crippen LogP contribution >= 0.6 is 0 Å². The molecular formula is C13H25N3. The van der Waals surface area contributed by atoms with Crippen LogP contribution in [0.4, 0.5) is 0 Å². The second-order valence-corrected chi connectivity index (χ2v) is 4.93. The predicted molar refractivity (Wildman–Crippen MR) is 67.2 cm³/mol. The van der Waals surface area contributed by atoms with Gasteiger partial charge in [0, 0.05) is 6.04 Å². The molecule has 1 fully saturated rings. The Kier molecular flexibility index (Phi) is 5.24. The Hall–Kier alpha value is -0.590. The van der Waals surface area contributed by atoms with Gasteiger partial charge in [-0.15, -0.1) is 0 Å². The molecule has 2 unspecified atom stereocenters. The van der Waals surface area contributed by atoms with Gasteiger partial charge in [-0.3, -0.25) is 0 Å². The third-order valence-corrected chi connectivity index (χ3v) is 4.04. The van der Waals surface area contributed by atoms with E-state index in [4.69, 9.17) is 0 Å². The highest BCUT2D eigenvalue weighted by molar-refractivity contribution is 5.05. The van der Waals surface area contributed by atoms with Crippen LogP contribution in [0.1, 0.15) is 46.0 Å². The van der Waals surface area contributed by atoms with Gasteiger partial charge in [0.2, 0.25) is 0 Å². The minimum atomic E-state index is -0.303. The van der Waals surface area contributed by atoms with Gasteiger partial charge < -0.3 is 10.2 Å². The van der Waals surface area contributed by atoms with Gasteiger partial charge in [-0.25, -0.2) is 0 Å². The summed E-state index contributed by atoms with van der Waals surface area (Å²) in [6, 6.07) is 3.17. The lowest BCUT2D eigenvalue weighted by Gasteiger charge is -2.27. The highest BCUT2D eigenvalue weighted by atomic mass is 15.2. The summed E-state index contributed by atoms with van der Waals surface area (Å²) >= 11 is 0. The van der Waals surface area contributed by atoms with Gasteiger partial charge in [0.1, 0.15) is 5.54 Å². The SMILES string of the molecule is CCC(C#N)(CCCN1CCCC1C)NC. The first-order chi connectivity index (χ1) is 7.67. The summed E-state index contributed by atoms with van der Waals surface area (Å²) in [5, 5.41) is 12.4. The second kappa shape index (κ2) is 6.22. The normalized spacial score (nSPS) is 25.2. The van der Waals surface area contributed by atoms with Crippen LogP contribution in [0.3, 0.4) is 0 Å². The summed E-state index contributed by atoms with van der Waals surface area (Å²) in [7, 11) is 1.89. The number of nitrogens with zero attached hydrogens (tertiary/aromatic N) is 2. The molecule has 1 aliphatic heterocycles. The van der Waals surface area contributed by atoms with Crippen molar-refractivity contribution < 1.29 is 0 Å². The molecule has 1 rings (SSSR count). The van der Waals surface area contributed by atoms with E-state index in [2.05, 4.69) is 30.1 Å². The topological polar surface area (TPSA) is 39.1 Å². The molecule has 92 valence electrons. The monoisotopic (exact) mass is 223 g/mol. The molecular weight excluding hydrogens is 198 g/mol. The van der Waals surface area contributed by atoms with E-state index in [0.717, 1.165) is 31.8 Å². The average molecular weight is 223 g/mol. The number of nitrogens with one attached hydrogen (secondary N) is 1. The van der Waals surface area contributed by atoms with Crippen molar-refractivity contribution in [1.82, 2.24) is 10.2 Å². The number of hydrogen-bond donors (Lipinski definition) is 1. The molecule has 0 spiro atoms. The molecule has 1 N–H and O–H groups in total. The summed E-state index contributed by atoms with van der Waals surface area (Å²) in [5.74, 6) is 0. The van der Waals surface area contributed by atoms with Gasteiger partial charge in [0.25, 0.3) is 0 Å². The Morgan fingerprint density at radius 2 is 2.31 bits per heavy atom. The third-order valence-electron chi connectivity index (χ3n) is 4.04. The van der Waals surface area contributed by atoms with Crippen molar-refractivity contribution >= 4 is 0 Å². The van der Waals surface area contributed by atoms with Crippen LogP contribution in [0.25, 0.3) is 0 Å². The lowest BCUT2D eigenvalue weighted by Crippen LogP contribution is -2.41. The summed E-state index contributed by atoms with van der Waals surface area (Å²) in [6.45, 7) is 6.78. The first kappa shape index (κ1) is 13.5. The van der Waals surface area contributed by atoms with Gasteiger partial charge in [-0.1, -0.05) is 6.92 Å². The largest absolute Gasteiger partial charge is 0.302 e. The Bertz CT molecular complexity index is 240. The van der Waals surface area contributed by atoms with E-state index in [1.54, 1.807) is 0 Å². The summed E-state index contributed by atoms with van der Waals surface area (Å²) < 4.78 is 0. The predicted octanol–water partition coefficient (Wildman–Crippen LogP) is 2.14. The third kappa shape index (κ3) is 3.20. The lowest BCUT2D eigenvalue weighted by atomic mass is 9.92. The molecule has 0 bridgehead atoms. The average Bonchev–Trinajstić information content (AvgIpc) is 2.71. The molecule has 0 aromatic carbocycles. The van der Waals surface area contributed by atoms with E-state index in [1.165, 1.54) is 19.4 Å². The minimum absolute atomic E-state index is 0.303. The molecule has 1 heterocycles. The van der Waals surface area contributed by atoms with Crippen LogP contribution in [0, 0.1) is 11.3 Å². The maximum atomic E-state index is 9.19. The van der Waals surface area contributed by atoms with Gasteiger partial charge in [-0.05, 0) is 59.2 Å². The van der Waals surface area contributed by atoms with Crippen LogP contribution < -0.4 is 5.32 Å². The van der Waals surface area contributed by atoms with Gasteiger partial charge >= 0.3 is 0 Å². The minimum Gasteiger partial charge on any atom is -0.302 e. The molecule has 2 atom stereocenters. The molecule has 0 aromatic rings. The molecule has 16 heavy (non-hydrogen) atoms. The maximum absolute atomic E-state index is 9.19. The highest BCUT2D eigenvalue weighted by Crippen LogP contribution is 2.20. The lowest BCUT2D eigenvalue weighted by molar-refractivity contribution is 0.250. The van der Waals surface area contributed by atoms with Crippen molar-refractivity contribution in [2.75, 3.05) is 20.1 Å².